The molecule has 0 atom stereocenters. The predicted octanol–water partition coefficient (Wildman–Crippen LogP) is 2.05. The Labute approximate surface area is 116 Å². The molecule has 19 heavy (non-hydrogen) atoms. The highest BCUT2D eigenvalue weighted by Gasteiger charge is 2.10. The molecule has 0 unspecified atom stereocenters. The molecule has 4 nitrogen and oxygen atoms in total. The largest absolute Gasteiger partial charge is 0.475 e. The quantitative estimate of drug-likeness (QED) is 0.764. The fraction of sp³-hybridized carbons (Fsp3) is 0.667. The van der Waals surface area contributed by atoms with Crippen molar-refractivity contribution < 1.29 is 4.74 Å². The van der Waals surface area contributed by atoms with E-state index in [0.29, 0.717) is 0 Å². The molecular weight excluding hydrogens is 238 g/mol. The maximum absolute atomic E-state index is 5.71. The van der Waals surface area contributed by atoms with Gasteiger partial charge in [0.05, 0.1) is 6.10 Å². The Bertz CT molecular complexity index is 375. The Balaban J connectivity index is 1.75. The first-order valence-corrected chi connectivity index (χ1v) is 7.29. The third-order valence-corrected chi connectivity index (χ3v) is 3.32. The monoisotopic (exact) mass is 263 g/mol. The molecular formula is C15H25N3O. The lowest BCUT2D eigenvalue weighted by molar-refractivity contribution is 0.229. The summed E-state index contributed by atoms with van der Waals surface area (Å²) < 4.78 is 5.71. The van der Waals surface area contributed by atoms with Crippen molar-refractivity contribution in [3.63, 3.8) is 0 Å². The third-order valence-electron chi connectivity index (χ3n) is 3.32. The van der Waals surface area contributed by atoms with Gasteiger partial charge in [0.25, 0.3) is 0 Å². The van der Waals surface area contributed by atoms with Crippen LogP contribution in [0, 0.1) is 0 Å². The highest BCUT2D eigenvalue weighted by Crippen LogP contribution is 2.15. The van der Waals surface area contributed by atoms with Crippen molar-refractivity contribution in [2.45, 2.75) is 39.3 Å². The molecule has 2 rings (SSSR count). The molecule has 0 aliphatic carbocycles. The van der Waals surface area contributed by atoms with E-state index in [9.17, 15) is 0 Å². The van der Waals surface area contributed by atoms with E-state index in [2.05, 4.69) is 21.3 Å². The average molecular weight is 263 g/mol. The van der Waals surface area contributed by atoms with Crippen molar-refractivity contribution >= 4 is 0 Å². The molecule has 0 radical (unpaired) electrons. The molecule has 1 fully saturated rings. The highest BCUT2D eigenvalue weighted by molar-refractivity contribution is 5.25. The zero-order valence-electron chi connectivity index (χ0n) is 12.1. The van der Waals surface area contributed by atoms with Crippen molar-refractivity contribution in [3.8, 4) is 5.88 Å². The highest BCUT2D eigenvalue weighted by atomic mass is 16.5. The molecule has 0 spiro atoms. The summed E-state index contributed by atoms with van der Waals surface area (Å²) >= 11 is 0. The maximum atomic E-state index is 5.71. The molecule has 1 aliphatic heterocycles. The smallest absolute Gasteiger partial charge is 0.218 e. The molecule has 0 aromatic carbocycles. The molecule has 2 heterocycles. The summed E-state index contributed by atoms with van der Waals surface area (Å²) in [4.78, 5) is 6.82. The number of aromatic nitrogens is 1. The number of rotatable bonds is 7. The van der Waals surface area contributed by atoms with Gasteiger partial charge in [-0.05, 0) is 45.8 Å². The number of pyridine rings is 1. The van der Waals surface area contributed by atoms with Gasteiger partial charge < -0.3 is 15.0 Å². The van der Waals surface area contributed by atoms with Gasteiger partial charge in [-0.15, -0.1) is 0 Å². The van der Waals surface area contributed by atoms with Gasteiger partial charge in [0.15, 0.2) is 0 Å². The van der Waals surface area contributed by atoms with Crippen molar-refractivity contribution in [2.75, 3.05) is 26.2 Å². The summed E-state index contributed by atoms with van der Waals surface area (Å²) in [6.45, 7) is 9.56. The minimum absolute atomic E-state index is 0.165. The van der Waals surface area contributed by atoms with E-state index in [1.165, 1.54) is 25.9 Å². The maximum Gasteiger partial charge on any atom is 0.218 e. The first kappa shape index (κ1) is 14.3. The topological polar surface area (TPSA) is 37.4 Å². The van der Waals surface area contributed by atoms with Crippen molar-refractivity contribution in [2.24, 2.45) is 0 Å². The molecule has 1 aromatic rings. The van der Waals surface area contributed by atoms with Crippen LogP contribution in [0.2, 0.25) is 0 Å². The fourth-order valence-electron chi connectivity index (χ4n) is 2.35. The average Bonchev–Trinajstić information content (AvgIpc) is 2.89. The number of nitrogens with zero attached hydrogens (tertiary/aromatic N) is 2. The molecule has 1 aliphatic rings. The van der Waals surface area contributed by atoms with Gasteiger partial charge in [-0.1, -0.05) is 6.07 Å². The number of likely N-dealkylation sites (tertiary alicyclic amines) is 1. The van der Waals surface area contributed by atoms with Gasteiger partial charge in [-0.2, -0.15) is 0 Å². The molecule has 0 amide bonds. The van der Waals surface area contributed by atoms with Crippen LogP contribution < -0.4 is 10.1 Å². The standard InChI is InChI=1S/C15H25N3O/c1-13(2)19-15-14(6-5-7-17-15)12-16-8-11-18-9-3-4-10-18/h5-7,13,16H,3-4,8-12H2,1-2H3. The lowest BCUT2D eigenvalue weighted by Gasteiger charge is -2.16. The van der Waals surface area contributed by atoms with Crippen LogP contribution in [-0.4, -0.2) is 42.2 Å². The second-order valence-corrected chi connectivity index (χ2v) is 5.36. The van der Waals surface area contributed by atoms with Gasteiger partial charge >= 0.3 is 0 Å². The Kier molecular flexibility index (Phi) is 5.61. The lowest BCUT2D eigenvalue weighted by atomic mass is 10.2. The van der Waals surface area contributed by atoms with E-state index in [4.69, 9.17) is 4.74 Å². The van der Waals surface area contributed by atoms with Crippen LogP contribution >= 0.6 is 0 Å². The Morgan fingerprint density at radius 3 is 2.89 bits per heavy atom. The predicted molar refractivity (Wildman–Crippen MR) is 77.4 cm³/mol. The van der Waals surface area contributed by atoms with Crippen LogP contribution in [0.1, 0.15) is 32.3 Å². The van der Waals surface area contributed by atoms with Crippen molar-refractivity contribution in [1.82, 2.24) is 15.2 Å². The number of hydrogen-bond acceptors (Lipinski definition) is 4. The molecule has 1 N–H and O–H groups in total. The van der Waals surface area contributed by atoms with Crippen LogP contribution in [-0.2, 0) is 6.54 Å². The van der Waals surface area contributed by atoms with E-state index in [0.717, 1.165) is 31.1 Å². The number of hydrogen-bond donors (Lipinski definition) is 1. The van der Waals surface area contributed by atoms with Crippen LogP contribution in [0.4, 0.5) is 0 Å². The minimum Gasteiger partial charge on any atom is -0.475 e. The van der Waals surface area contributed by atoms with Crippen LogP contribution in [0.5, 0.6) is 5.88 Å². The van der Waals surface area contributed by atoms with Gasteiger partial charge in [-0.25, -0.2) is 4.98 Å². The summed E-state index contributed by atoms with van der Waals surface area (Å²) in [7, 11) is 0. The molecule has 4 heteroatoms. The first-order chi connectivity index (χ1) is 9.25. The van der Waals surface area contributed by atoms with E-state index >= 15 is 0 Å². The van der Waals surface area contributed by atoms with Crippen LogP contribution in [0.3, 0.4) is 0 Å². The first-order valence-electron chi connectivity index (χ1n) is 7.29. The number of ether oxygens (including phenoxy) is 1. The molecule has 0 saturated carbocycles. The summed E-state index contributed by atoms with van der Waals surface area (Å²) in [5.41, 5.74) is 1.14. The Hall–Kier alpha value is -1.13. The van der Waals surface area contributed by atoms with Gasteiger partial charge in [0.2, 0.25) is 5.88 Å². The molecule has 106 valence electrons. The van der Waals surface area contributed by atoms with E-state index in [1.54, 1.807) is 6.20 Å². The van der Waals surface area contributed by atoms with Gasteiger partial charge in [0.1, 0.15) is 0 Å². The summed E-state index contributed by atoms with van der Waals surface area (Å²) in [5.74, 6) is 0.756. The molecule has 1 saturated heterocycles. The van der Waals surface area contributed by atoms with E-state index < -0.39 is 0 Å². The van der Waals surface area contributed by atoms with Gasteiger partial charge in [-0.3, -0.25) is 0 Å². The summed E-state index contributed by atoms with van der Waals surface area (Å²) in [6, 6.07) is 4.04. The zero-order chi connectivity index (χ0) is 13.5. The summed E-state index contributed by atoms with van der Waals surface area (Å²) in [5, 5.41) is 3.48. The number of nitrogens with one attached hydrogen (secondary N) is 1. The lowest BCUT2D eigenvalue weighted by Crippen LogP contribution is -2.29. The van der Waals surface area contributed by atoms with Crippen LogP contribution in [0.15, 0.2) is 18.3 Å². The molecule has 1 aromatic heterocycles. The van der Waals surface area contributed by atoms with E-state index in [-0.39, 0.29) is 6.10 Å². The summed E-state index contributed by atoms with van der Waals surface area (Å²) in [6.07, 6.45) is 4.66. The minimum atomic E-state index is 0.165. The Morgan fingerprint density at radius 2 is 2.16 bits per heavy atom. The SMILES string of the molecule is CC(C)Oc1ncccc1CNCCN1CCCC1. The van der Waals surface area contributed by atoms with Crippen molar-refractivity contribution in [1.29, 1.82) is 0 Å². The Morgan fingerprint density at radius 1 is 1.37 bits per heavy atom. The second kappa shape index (κ2) is 7.46. The van der Waals surface area contributed by atoms with Gasteiger partial charge in [0, 0.05) is 31.4 Å². The second-order valence-electron chi connectivity index (χ2n) is 5.36. The third kappa shape index (κ3) is 4.80. The van der Waals surface area contributed by atoms with Crippen molar-refractivity contribution in [3.05, 3.63) is 23.9 Å². The van der Waals surface area contributed by atoms with Crippen LogP contribution in [0.25, 0.3) is 0 Å². The normalized spacial score (nSPS) is 16.2. The fourth-order valence-corrected chi connectivity index (χ4v) is 2.35. The van der Waals surface area contributed by atoms with E-state index in [1.807, 2.05) is 19.9 Å². The molecule has 0 bridgehead atoms. The zero-order valence-corrected chi connectivity index (χ0v) is 12.1.